The van der Waals surface area contributed by atoms with Crippen LogP contribution in [-0.2, 0) is 6.54 Å². The number of halogens is 1. The molecule has 0 spiro atoms. The molecule has 0 radical (unpaired) electrons. The molecule has 0 saturated heterocycles. The summed E-state index contributed by atoms with van der Waals surface area (Å²) in [5.41, 5.74) is 11.1. The molecule has 2 aromatic carbocycles. The summed E-state index contributed by atoms with van der Waals surface area (Å²) >= 11 is 3.55. The Labute approximate surface area is 129 Å². The Morgan fingerprint density at radius 2 is 1.90 bits per heavy atom. The van der Waals surface area contributed by atoms with Gasteiger partial charge in [0.15, 0.2) is 0 Å². The lowest BCUT2D eigenvalue weighted by atomic mass is 10.0. The topological polar surface area (TPSA) is 29.3 Å². The van der Waals surface area contributed by atoms with E-state index in [-0.39, 0.29) is 6.04 Å². The summed E-state index contributed by atoms with van der Waals surface area (Å²) in [7, 11) is 2.11. The fraction of sp³-hybridized carbons (Fsp3) is 0.294. The van der Waals surface area contributed by atoms with Gasteiger partial charge in [-0.05, 0) is 42.7 Å². The highest BCUT2D eigenvalue weighted by atomic mass is 79.9. The zero-order valence-electron chi connectivity index (χ0n) is 12.2. The van der Waals surface area contributed by atoms with Gasteiger partial charge >= 0.3 is 0 Å². The molecule has 106 valence electrons. The normalized spacial score (nSPS) is 12.2. The lowest BCUT2D eigenvalue weighted by Crippen LogP contribution is -2.20. The smallest absolute Gasteiger partial charge is 0.0428 e. The van der Waals surface area contributed by atoms with Crippen LogP contribution in [0, 0.1) is 6.92 Å². The standard InChI is InChI=1S/C17H21BrN2/c1-12-6-4-5-7-14(12)11-20(3)17-10-15(18)8-9-16(17)13(2)19/h4-10,13H,11,19H2,1-3H3. The maximum atomic E-state index is 6.08. The van der Waals surface area contributed by atoms with Crippen molar-refractivity contribution in [2.24, 2.45) is 5.73 Å². The van der Waals surface area contributed by atoms with Crippen molar-refractivity contribution in [3.05, 3.63) is 63.6 Å². The molecule has 0 fully saturated rings. The highest BCUT2D eigenvalue weighted by Crippen LogP contribution is 2.29. The molecule has 2 N–H and O–H groups in total. The van der Waals surface area contributed by atoms with E-state index in [2.05, 4.69) is 71.2 Å². The number of nitrogens with two attached hydrogens (primary N) is 1. The molecule has 2 rings (SSSR count). The third-order valence-electron chi connectivity index (χ3n) is 3.56. The van der Waals surface area contributed by atoms with Crippen molar-refractivity contribution in [2.75, 3.05) is 11.9 Å². The molecule has 2 aromatic rings. The zero-order valence-corrected chi connectivity index (χ0v) is 13.8. The van der Waals surface area contributed by atoms with Crippen LogP contribution in [0.25, 0.3) is 0 Å². The Balaban J connectivity index is 2.31. The summed E-state index contributed by atoms with van der Waals surface area (Å²) in [5.74, 6) is 0. The number of nitrogens with zero attached hydrogens (tertiary/aromatic N) is 1. The summed E-state index contributed by atoms with van der Waals surface area (Å²) in [6.07, 6.45) is 0. The van der Waals surface area contributed by atoms with Crippen LogP contribution >= 0.6 is 15.9 Å². The van der Waals surface area contributed by atoms with Gasteiger partial charge in [0.25, 0.3) is 0 Å². The van der Waals surface area contributed by atoms with Gasteiger partial charge in [-0.25, -0.2) is 0 Å². The van der Waals surface area contributed by atoms with Crippen LogP contribution in [0.3, 0.4) is 0 Å². The summed E-state index contributed by atoms with van der Waals surface area (Å²) in [4.78, 5) is 2.26. The minimum absolute atomic E-state index is 0.0254. The minimum atomic E-state index is 0.0254. The van der Waals surface area contributed by atoms with Gasteiger partial charge in [-0.3, -0.25) is 0 Å². The van der Waals surface area contributed by atoms with Gasteiger partial charge in [-0.2, -0.15) is 0 Å². The molecule has 20 heavy (non-hydrogen) atoms. The summed E-state index contributed by atoms with van der Waals surface area (Å²) < 4.78 is 1.08. The number of rotatable bonds is 4. The number of hydrogen-bond acceptors (Lipinski definition) is 2. The second-order valence-electron chi connectivity index (χ2n) is 5.27. The highest BCUT2D eigenvalue weighted by Gasteiger charge is 2.12. The van der Waals surface area contributed by atoms with E-state index in [1.807, 2.05) is 13.0 Å². The molecule has 0 aromatic heterocycles. The van der Waals surface area contributed by atoms with Gasteiger partial charge < -0.3 is 10.6 Å². The number of aryl methyl sites for hydroxylation is 1. The SMILES string of the molecule is Cc1ccccc1CN(C)c1cc(Br)ccc1C(C)N. The van der Waals surface area contributed by atoms with Crippen LogP contribution in [0.4, 0.5) is 5.69 Å². The molecule has 3 heteroatoms. The first-order valence-electron chi connectivity index (χ1n) is 6.79. The van der Waals surface area contributed by atoms with Gasteiger partial charge in [0.05, 0.1) is 0 Å². The Kier molecular flexibility index (Phi) is 4.84. The Morgan fingerprint density at radius 3 is 2.55 bits per heavy atom. The van der Waals surface area contributed by atoms with Gasteiger partial charge in [-0.1, -0.05) is 46.3 Å². The van der Waals surface area contributed by atoms with E-state index in [1.54, 1.807) is 0 Å². The first-order chi connectivity index (χ1) is 9.49. The molecule has 0 bridgehead atoms. The number of hydrogen-bond donors (Lipinski definition) is 1. The molecule has 0 aliphatic heterocycles. The lowest BCUT2D eigenvalue weighted by Gasteiger charge is -2.25. The number of anilines is 1. The van der Waals surface area contributed by atoms with Crippen molar-refractivity contribution in [1.29, 1.82) is 0 Å². The molecule has 0 amide bonds. The minimum Gasteiger partial charge on any atom is -0.370 e. The molecule has 0 heterocycles. The number of benzene rings is 2. The van der Waals surface area contributed by atoms with Crippen molar-refractivity contribution >= 4 is 21.6 Å². The monoisotopic (exact) mass is 332 g/mol. The Hall–Kier alpha value is -1.32. The lowest BCUT2D eigenvalue weighted by molar-refractivity contribution is 0.800. The van der Waals surface area contributed by atoms with Crippen molar-refractivity contribution < 1.29 is 0 Å². The van der Waals surface area contributed by atoms with Crippen LogP contribution < -0.4 is 10.6 Å². The van der Waals surface area contributed by atoms with Crippen LogP contribution in [0.5, 0.6) is 0 Å². The van der Waals surface area contributed by atoms with Crippen LogP contribution in [0.1, 0.15) is 29.7 Å². The zero-order chi connectivity index (χ0) is 14.7. The molecule has 0 saturated carbocycles. The second-order valence-corrected chi connectivity index (χ2v) is 6.19. The molecule has 0 aliphatic carbocycles. The summed E-state index contributed by atoms with van der Waals surface area (Å²) in [6, 6.07) is 14.8. The van der Waals surface area contributed by atoms with E-state index >= 15 is 0 Å². The van der Waals surface area contributed by atoms with Gasteiger partial charge in [-0.15, -0.1) is 0 Å². The third kappa shape index (κ3) is 3.41. The van der Waals surface area contributed by atoms with Crippen molar-refractivity contribution in [3.8, 4) is 0 Å². The molecule has 2 nitrogen and oxygen atoms in total. The van der Waals surface area contributed by atoms with E-state index < -0.39 is 0 Å². The quantitative estimate of drug-likeness (QED) is 0.898. The molecule has 1 atom stereocenters. The van der Waals surface area contributed by atoms with Gasteiger partial charge in [0, 0.05) is 29.8 Å². The first kappa shape index (κ1) is 15.1. The van der Waals surface area contributed by atoms with Crippen molar-refractivity contribution in [1.82, 2.24) is 0 Å². The largest absolute Gasteiger partial charge is 0.370 e. The summed E-state index contributed by atoms with van der Waals surface area (Å²) in [5, 5.41) is 0. The van der Waals surface area contributed by atoms with Crippen LogP contribution in [0.2, 0.25) is 0 Å². The first-order valence-corrected chi connectivity index (χ1v) is 7.59. The average Bonchev–Trinajstić information content (AvgIpc) is 2.40. The highest BCUT2D eigenvalue weighted by molar-refractivity contribution is 9.10. The van der Waals surface area contributed by atoms with E-state index in [1.165, 1.54) is 22.4 Å². The molecule has 0 aliphatic rings. The predicted molar refractivity (Wildman–Crippen MR) is 90.0 cm³/mol. The van der Waals surface area contributed by atoms with Gasteiger partial charge in [0.1, 0.15) is 0 Å². The second kappa shape index (κ2) is 6.42. The van der Waals surface area contributed by atoms with E-state index in [0.29, 0.717) is 0 Å². The fourth-order valence-electron chi connectivity index (χ4n) is 2.36. The fourth-order valence-corrected chi connectivity index (χ4v) is 2.71. The summed E-state index contributed by atoms with van der Waals surface area (Å²) in [6.45, 7) is 5.05. The van der Waals surface area contributed by atoms with Crippen molar-refractivity contribution in [3.63, 3.8) is 0 Å². The average molecular weight is 333 g/mol. The third-order valence-corrected chi connectivity index (χ3v) is 4.06. The van der Waals surface area contributed by atoms with E-state index in [0.717, 1.165) is 11.0 Å². The van der Waals surface area contributed by atoms with E-state index in [9.17, 15) is 0 Å². The van der Waals surface area contributed by atoms with Crippen molar-refractivity contribution in [2.45, 2.75) is 26.4 Å². The van der Waals surface area contributed by atoms with Gasteiger partial charge in [0.2, 0.25) is 0 Å². The predicted octanol–water partition coefficient (Wildman–Crippen LogP) is 4.41. The van der Waals surface area contributed by atoms with Crippen LogP contribution in [0.15, 0.2) is 46.9 Å². The van der Waals surface area contributed by atoms with Crippen LogP contribution in [-0.4, -0.2) is 7.05 Å². The molecular weight excluding hydrogens is 312 g/mol. The maximum Gasteiger partial charge on any atom is 0.0428 e. The Morgan fingerprint density at radius 1 is 1.20 bits per heavy atom. The Bertz CT molecular complexity index is 593. The molecule has 1 unspecified atom stereocenters. The maximum absolute atomic E-state index is 6.08. The van der Waals surface area contributed by atoms with E-state index in [4.69, 9.17) is 5.73 Å². The molecular formula is C17H21BrN2.